The SMILES string of the molecule is COc1ccc([N+](=O)[O-])cc1N=Nc1c(C(C)C)nc2c(C)cccn12. The maximum absolute atomic E-state index is 11.0. The van der Waals surface area contributed by atoms with Crippen LogP contribution in [-0.4, -0.2) is 21.4 Å². The standard InChI is InChI=1S/C18H19N5O3/c1-11(2)16-18(22-9-5-6-12(3)17(22)19-16)21-20-14-10-13(23(24)25)7-8-15(14)26-4/h5-11H,1-4H3. The van der Waals surface area contributed by atoms with Crippen LogP contribution in [0.3, 0.4) is 0 Å². The first kappa shape index (κ1) is 17.5. The Balaban J connectivity index is 2.14. The highest BCUT2D eigenvalue weighted by Crippen LogP contribution is 2.35. The van der Waals surface area contributed by atoms with Crippen molar-refractivity contribution in [1.29, 1.82) is 0 Å². The van der Waals surface area contributed by atoms with E-state index in [2.05, 4.69) is 15.2 Å². The van der Waals surface area contributed by atoms with Crippen molar-refractivity contribution in [1.82, 2.24) is 9.38 Å². The van der Waals surface area contributed by atoms with Gasteiger partial charge in [0.05, 0.1) is 17.7 Å². The molecule has 2 aromatic heterocycles. The van der Waals surface area contributed by atoms with Gasteiger partial charge in [0.2, 0.25) is 0 Å². The Morgan fingerprint density at radius 3 is 2.69 bits per heavy atom. The van der Waals surface area contributed by atoms with Gasteiger partial charge in [-0.05, 0) is 30.5 Å². The highest BCUT2D eigenvalue weighted by Gasteiger charge is 2.17. The number of imidazole rings is 1. The number of fused-ring (bicyclic) bond motifs is 1. The number of rotatable bonds is 5. The number of pyridine rings is 1. The molecule has 2 heterocycles. The number of aromatic nitrogens is 2. The predicted octanol–water partition coefficient (Wildman–Crippen LogP) is 5.10. The molecule has 3 aromatic rings. The van der Waals surface area contributed by atoms with Crippen molar-refractivity contribution in [3.63, 3.8) is 0 Å². The fourth-order valence-corrected chi connectivity index (χ4v) is 2.67. The molecule has 1 aromatic carbocycles. The number of benzene rings is 1. The minimum Gasteiger partial charge on any atom is -0.494 e. The number of non-ortho nitro benzene ring substituents is 1. The van der Waals surface area contributed by atoms with E-state index in [1.807, 2.05) is 43.5 Å². The summed E-state index contributed by atoms with van der Waals surface area (Å²) in [6.07, 6.45) is 1.88. The number of nitro benzene ring substituents is 1. The molecule has 0 aliphatic heterocycles. The molecule has 0 radical (unpaired) electrons. The normalized spacial score (nSPS) is 11.6. The van der Waals surface area contributed by atoms with Gasteiger partial charge in [-0.2, -0.15) is 0 Å². The summed E-state index contributed by atoms with van der Waals surface area (Å²) in [6, 6.07) is 8.12. The molecule has 3 rings (SSSR count). The number of ether oxygens (including phenoxy) is 1. The van der Waals surface area contributed by atoms with E-state index in [9.17, 15) is 10.1 Å². The Bertz CT molecular complexity index is 1010. The molecule has 26 heavy (non-hydrogen) atoms. The smallest absolute Gasteiger partial charge is 0.271 e. The number of hydrogen-bond donors (Lipinski definition) is 0. The van der Waals surface area contributed by atoms with Crippen LogP contribution >= 0.6 is 0 Å². The molecule has 134 valence electrons. The van der Waals surface area contributed by atoms with Crippen molar-refractivity contribution in [2.24, 2.45) is 10.2 Å². The topological polar surface area (TPSA) is 94.4 Å². The van der Waals surface area contributed by atoms with E-state index in [1.54, 1.807) is 0 Å². The van der Waals surface area contributed by atoms with Crippen LogP contribution in [0.4, 0.5) is 17.2 Å². The van der Waals surface area contributed by atoms with E-state index < -0.39 is 4.92 Å². The largest absolute Gasteiger partial charge is 0.494 e. The zero-order chi connectivity index (χ0) is 18.8. The summed E-state index contributed by atoms with van der Waals surface area (Å²) >= 11 is 0. The van der Waals surface area contributed by atoms with Gasteiger partial charge in [-0.15, -0.1) is 10.2 Å². The van der Waals surface area contributed by atoms with Gasteiger partial charge in [0, 0.05) is 18.3 Å². The minimum atomic E-state index is -0.477. The van der Waals surface area contributed by atoms with Crippen molar-refractivity contribution in [3.05, 3.63) is 57.9 Å². The summed E-state index contributed by atoms with van der Waals surface area (Å²) in [5.41, 5.74) is 2.88. The van der Waals surface area contributed by atoms with Crippen LogP contribution in [0.15, 0.2) is 46.8 Å². The molecule has 0 bridgehead atoms. The highest BCUT2D eigenvalue weighted by molar-refractivity contribution is 5.59. The molecule has 8 nitrogen and oxygen atoms in total. The number of hydrogen-bond acceptors (Lipinski definition) is 6. The lowest BCUT2D eigenvalue weighted by Crippen LogP contribution is -1.90. The summed E-state index contributed by atoms with van der Waals surface area (Å²) in [4.78, 5) is 15.2. The monoisotopic (exact) mass is 353 g/mol. The van der Waals surface area contributed by atoms with E-state index in [1.165, 1.54) is 25.3 Å². The van der Waals surface area contributed by atoms with Gasteiger partial charge in [0.15, 0.2) is 5.82 Å². The third-order valence-electron chi connectivity index (χ3n) is 4.02. The summed E-state index contributed by atoms with van der Waals surface area (Å²) < 4.78 is 7.11. The zero-order valence-electron chi connectivity index (χ0n) is 15.0. The Morgan fingerprint density at radius 1 is 1.27 bits per heavy atom. The number of aryl methyl sites for hydroxylation is 1. The molecular formula is C18H19N5O3. The summed E-state index contributed by atoms with van der Waals surface area (Å²) in [6.45, 7) is 6.05. The molecule has 0 fully saturated rings. The number of methoxy groups -OCH3 is 1. The molecule has 0 saturated carbocycles. The third kappa shape index (κ3) is 3.13. The quantitative estimate of drug-likeness (QED) is 0.362. The molecule has 0 aliphatic carbocycles. The first-order valence-electron chi connectivity index (χ1n) is 8.14. The fraction of sp³-hybridized carbons (Fsp3) is 0.278. The van der Waals surface area contributed by atoms with Crippen molar-refractivity contribution < 1.29 is 9.66 Å². The number of nitrogens with zero attached hydrogens (tertiary/aromatic N) is 5. The minimum absolute atomic E-state index is 0.0715. The van der Waals surface area contributed by atoms with Crippen molar-refractivity contribution in [2.75, 3.05) is 7.11 Å². The van der Waals surface area contributed by atoms with Gasteiger partial charge in [-0.1, -0.05) is 19.9 Å². The van der Waals surface area contributed by atoms with E-state index in [-0.39, 0.29) is 11.6 Å². The molecule has 0 unspecified atom stereocenters. The Labute approximate surface area is 150 Å². The molecule has 0 saturated heterocycles. The fourth-order valence-electron chi connectivity index (χ4n) is 2.67. The van der Waals surface area contributed by atoms with E-state index in [0.29, 0.717) is 17.3 Å². The molecule has 0 aliphatic rings. The van der Waals surface area contributed by atoms with Crippen molar-refractivity contribution in [2.45, 2.75) is 26.7 Å². The second kappa shape index (κ2) is 6.91. The van der Waals surface area contributed by atoms with Gasteiger partial charge >= 0.3 is 0 Å². The van der Waals surface area contributed by atoms with Crippen molar-refractivity contribution >= 4 is 22.8 Å². The van der Waals surface area contributed by atoms with E-state index >= 15 is 0 Å². The first-order chi connectivity index (χ1) is 12.4. The highest BCUT2D eigenvalue weighted by atomic mass is 16.6. The van der Waals surface area contributed by atoms with Gasteiger partial charge in [-0.3, -0.25) is 14.5 Å². The maximum Gasteiger partial charge on any atom is 0.271 e. The van der Waals surface area contributed by atoms with Crippen molar-refractivity contribution in [3.8, 4) is 5.75 Å². The third-order valence-corrected chi connectivity index (χ3v) is 4.02. The van der Waals surface area contributed by atoms with Crippen LogP contribution in [0.5, 0.6) is 5.75 Å². The van der Waals surface area contributed by atoms with Gasteiger partial charge in [0.25, 0.3) is 5.69 Å². The number of nitro groups is 1. The molecule has 0 amide bonds. The Hall–Kier alpha value is -3.29. The summed E-state index contributed by atoms with van der Waals surface area (Å²) in [5.74, 6) is 1.16. The van der Waals surface area contributed by atoms with E-state index in [4.69, 9.17) is 4.74 Å². The number of azo groups is 1. The lowest BCUT2D eigenvalue weighted by atomic mass is 10.1. The Morgan fingerprint density at radius 2 is 2.04 bits per heavy atom. The Kier molecular flexibility index (Phi) is 4.66. The van der Waals surface area contributed by atoms with Gasteiger partial charge in [0.1, 0.15) is 17.1 Å². The maximum atomic E-state index is 11.0. The van der Waals surface area contributed by atoms with Crippen LogP contribution in [0.2, 0.25) is 0 Å². The second-order valence-corrected chi connectivity index (χ2v) is 6.17. The van der Waals surface area contributed by atoms with Gasteiger partial charge < -0.3 is 4.74 Å². The molecular weight excluding hydrogens is 334 g/mol. The van der Waals surface area contributed by atoms with E-state index in [0.717, 1.165) is 16.9 Å². The summed E-state index contributed by atoms with van der Waals surface area (Å²) in [7, 11) is 1.48. The average molecular weight is 353 g/mol. The predicted molar refractivity (Wildman–Crippen MR) is 97.8 cm³/mol. The van der Waals surface area contributed by atoms with Crippen LogP contribution in [0, 0.1) is 17.0 Å². The summed E-state index contributed by atoms with van der Waals surface area (Å²) in [5, 5.41) is 19.6. The second-order valence-electron chi connectivity index (χ2n) is 6.17. The zero-order valence-corrected chi connectivity index (χ0v) is 15.0. The van der Waals surface area contributed by atoms with Crippen LogP contribution in [0.25, 0.3) is 5.65 Å². The molecule has 0 N–H and O–H groups in total. The van der Waals surface area contributed by atoms with Crippen LogP contribution in [0.1, 0.15) is 31.0 Å². The molecule has 0 spiro atoms. The first-order valence-corrected chi connectivity index (χ1v) is 8.14. The average Bonchev–Trinajstić information content (AvgIpc) is 3.00. The molecule has 8 heteroatoms. The van der Waals surface area contributed by atoms with Crippen LogP contribution < -0.4 is 4.74 Å². The molecule has 0 atom stereocenters. The lowest BCUT2D eigenvalue weighted by Gasteiger charge is -2.04. The van der Waals surface area contributed by atoms with Crippen LogP contribution in [-0.2, 0) is 0 Å². The lowest BCUT2D eigenvalue weighted by molar-refractivity contribution is -0.384. The van der Waals surface area contributed by atoms with Gasteiger partial charge in [-0.25, -0.2) is 4.98 Å².